The molecule has 0 bridgehead atoms. The number of nitrogens with zero attached hydrogens (tertiary/aromatic N) is 2. The van der Waals surface area contributed by atoms with E-state index in [4.69, 9.17) is 17.3 Å². The van der Waals surface area contributed by atoms with Gasteiger partial charge in [0.25, 0.3) is 0 Å². The number of nitrogen functional groups attached to an aromatic ring is 1. The Morgan fingerprint density at radius 3 is 2.72 bits per heavy atom. The Hall–Kier alpha value is -2.48. The summed E-state index contributed by atoms with van der Waals surface area (Å²) in [6.07, 6.45) is -2.28. The summed E-state index contributed by atoms with van der Waals surface area (Å²) >= 11 is 5.66. The van der Waals surface area contributed by atoms with E-state index in [-0.39, 0.29) is 5.69 Å². The maximum Gasteiger partial charge on any atom is 0.417 e. The molecule has 2 heterocycles. The largest absolute Gasteiger partial charge is 0.417 e. The molecule has 0 saturated carbocycles. The molecule has 3 N–H and O–H groups in total. The first-order valence-corrected chi connectivity index (χ1v) is 7.78. The number of benzene rings is 1. The minimum Gasteiger partial charge on any atom is -0.384 e. The Labute approximate surface area is 146 Å². The third kappa shape index (κ3) is 3.79. The first kappa shape index (κ1) is 17.3. The lowest BCUT2D eigenvalue weighted by atomic mass is 10.0. The van der Waals surface area contributed by atoms with Gasteiger partial charge in [-0.3, -0.25) is 0 Å². The van der Waals surface area contributed by atoms with E-state index < -0.39 is 22.8 Å². The van der Waals surface area contributed by atoms with Crippen molar-refractivity contribution in [1.82, 2.24) is 9.88 Å². The smallest absolute Gasteiger partial charge is 0.384 e. The predicted molar refractivity (Wildman–Crippen MR) is 88.2 cm³/mol. The Bertz CT molecular complexity index is 826. The summed E-state index contributed by atoms with van der Waals surface area (Å²) in [5, 5.41) is 2.10. The van der Waals surface area contributed by atoms with Gasteiger partial charge in [-0.25, -0.2) is 9.78 Å². The Balaban J connectivity index is 1.71. The van der Waals surface area contributed by atoms with E-state index in [0.29, 0.717) is 25.3 Å². The van der Waals surface area contributed by atoms with Crippen molar-refractivity contribution in [3.63, 3.8) is 0 Å². The van der Waals surface area contributed by atoms with E-state index in [1.54, 1.807) is 17.2 Å². The predicted octanol–water partition coefficient (Wildman–Crippen LogP) is 3.93. The lowest BCUT2D eigenvalue weighted by molar-refractivity contribution is -0.137. The molecule has 0 aliphatic carbocycles. The van der Waals surface area contributed by atoms with E-state index in [2.05, 4.69) is 10.3 Å². The number of amides is 2. The molecule has 0 spiro atoms. The van der Waals surface area contributed by atoms with E-state index in [0.717, 1.165) is 23.3 Å². The van der Waals surface area contributed by atoms with Crippen LogP contribution in [-0.4, -0.2) is 22.5 Å². The van der Waals surface area contributed by atoms with Crippen molar-refractivity contribution in [2.75, 3.05) is 17.6 Å². The quantitative estimate of drug-likeness (QED) is 0.799. The SMILES string of the molecule is Nc1cc2c(cn1)CN(C(=O)Nc1ccc(C(F)(F)F)c(Cl)c1)CC2. The second-order valence-electron chi connectivity index (χ2n) is 5.67. The molecule has 0 fully saturated rings. The fraction of sp³-hybridized carbons (Fsp3) is 0.250. The lowest BCUT2D eigenvalue weighted by Gasteiger charge is -2.29. The van der Waals surface area contributed by atoms with Crippen molar-refractivity contribution in [3.05, 3.63) is 52.2 Å². The highest BCUT2D eigenvalue weighted by atomic mass is 35.5. The highest BCUT2D eigenvalue weighted by Gasteiger charge is 2.33. The highest BCUT2D eigenvalue weighted by molar-refractivity contribution is 6.31. The molecular formula is C16H14ClF3N4O. The number of urea groups is 1. The van der Waals surface area contributed by atoms with Gasteiger partial charge < -0.3 is 16.0 Å². The zero-order valence-corrected chi connectivity index (χ0v) is 13.7. The van der Waals surface area contributed by atoms with Crippen molar-refractivity contribution in [2.45, 2.75) is 19.1 Å². The Morgan fingerprint density at radius 1 is 1.28 bits per heavy atom. The van der Waals surface area contributed by atoms with Crippen LogP contribution in [0.4, 0.5) is 29.5 Å². The van der Waals surface area contributed by atoms with E-state index in [9.17, 15) is 18.0 Å². The Kier molecular flexibility index (Phi) is 4.47. The van der Waals surface area contributed by atoms with Crippen LogP contribution in [-0.2, 0) is 19.1 Å². The number of rotatable bonds is 1. The molecule has 1 aromatic heterocycles. The molecule has 2 aromatic rings. The molecule has 3 rings (SSSR count). The molecule has 1 aromatic carbocycles. The lowest BCUT2D eigenvalue weighted by Crippen LogP contribution is -2.39. The number of carbonyl (C=O) groups is 1. The van der Waals surface area contributed by atoms with Gasteiger partial charge in [0.2, 0.25) is 0 Å². The fourth-order valence-electron chi connectivity index (χ4n) is 2.66. The first-order chi connectivity index (χ1) is 11.7. The fourth-order valence-corrected chi connectivity index (χ4v) is 2.95. The van der Waals surface area contributed by atoms with Crippen LogP contribution in [0.2, 0.25) is 5.02 Å². The van der Waals surface area contributed by atoms with Crippen LogP contribution in [0.15, 0.2) is 30.5 Å². The second-order valence-corrected chi connectivity index (χ2v) is 6.08. The topological polar surface area (TPSA) is 71.2 Å². The summed E-state index contributed by atoms with van der Waals surface area (Å²) < 4.78 is 38.1. The zero-order valence-electron chi connectivity index (χ0n) is 12.9. The van der Waals surface area contributed by atoms with Gasteiger partial charge in [-0.2, -0.15) is 13.2 Å². The van der Waals surface area contributed by atoms with E-state index >= 15 is 0 Å². The van der Waals surface area contributed by atoms with E-state index in [1.165, 1.54) is 6.07 Å². The second kappa shape index (κ2) is 6.44. The number of hydrogen-bond acceptors (Lipinski definition) is 3. The summed E-state index contributed by atoms with van der Waals surface area (Å²) in [6, 6.07) is 4.46. The van der Waals surface area contributed by atoms with Crippen LogP contribution in [0.25, 0.3) is 0 Å². The third-order valence-electron chi connectivity index (χ3n) is 3.93. The average Bonchev–Trinajstić information content (AvgIpc) is 2.53. The average molecular weight is 371 g/mol. The van der Waals surface area contributed by atoms with E-state index in [1.807, 2.05) is 0 Å². The number of pyridine rings is 1. The van der Waals surface area contributed by atoms with Crippen molar-refractivity contribution in [2.24, 2.45) is 0 Å². The monoisotopic (exact) mass is 370 g/mol. The van der Waals surface area contributed by atoms with Gasteiger partial charge in [-0.15, -0.1) is 0 Å². The summed E-state index contributed by atoms with van der Waals surface area (Å²) in [5.41, 5.74) is 6.82. The van der Waals surface area contributed by atoms with Crippen LogP contribution in [0, 0.1) is 0 Å². The number of nitrogens with two attached hydrogens (primary N) is 1. The van der Waals surface area contributed by atoms with Gasteiger partial charge in [0.05, 0.1) is 10.6 Å². The van der Waals surface area contributed by atoms with Crippen LogP contribution in [0.1, 0.15) is 16.7 Å². The van der Waals surface area contributed by atoms with Gasteiger partial charge in [0, 0.05) is 25.0 Å². The van der Waals surface area contributed by atoms with Crippen molar-refractivity contribution >= 4 is 29.1 Å². The number of hydrogen-bond donors (Lipinski definition) is 2. The number of fused-ring (bicyclic) bond motifs is 1. The first-order valence-electron chi connectivity index (χ1n) is 7.40. The molecule has 5 nitrogen and oxygen atoms in total. The van der Waals surface area contributed by atoms with Gasteiger partial charge in [-0.1, -0.05) is 11.6 Å². The molecule has 9 heteroatoms. The van der Waals surface area contributed by atoms with Gasteiger partial charge in [-0.05, 0) is 41.8 Å². The number of nitrogens with one attached hydrogen (secondary N) is 1. The molecule has 0 atom stereocenters. The minimum atomic E-state index is -4.54. The molecule has 2 amide bonds. The molecule has 0 unspecified atom stereocenters. The molecule has 132 valence electrons. The number of halogens is 4. The third-order valence-corrected chi connectivity index (χ3v) is 4.24. The molecule has 1 aliphatic rings. The number of anilines is 2. The molecular weight excluding hydrogens is 357 g/mol. The summed E-state index contributed by atoms with van der Waals surface area (Å²) in [7, 11) is 0. The number of alkyl halides is 3. The van der Waals surface area contributed by atoms with Crippen LogP contribution in [0.3, 0.4) is 0 Å². The minimum absolute atomic E-state index is 0.198. The maximum absolute atomic E-state index is 12.7. The highest BCUT2D eigenvalue weighted by Crippen LogP contribution is 2.36. The maximum atomic E-state index is 12.7. The zero-order chi connectivity index (χ0) is 18.2. The van der Waals surface area contributed by atoms with Crippen molar-refractivity contribution in [3.8, 4) is 0 Å². The normalized spacial score (nSPS) is 14.2. The van der Waals surface area contributed by atoms with Crippen LogP contribution in [0.5, 0.6) is 0 Å². The number of aromatic nitrogens is 1. The molecule has 1 aliphatic heterocycles. The van der Waals surface area contributed by atoms with Gasteiger partial charge in [0.15, 0.2) is 0 Å². The summed E-state index contributed by atoms with van der Waals surface area (Å²) in [5.74, 6) is 0.427. The standard InChI is InChI=1S/C16H14ClF3N4O/c17-13-6-11(1-2-12(13)16(18,19)20)23-15(25)24-4-3-9-5-14(21)22-7-10(9)8-24/h1-2,5-7H,3-4,8H2,(H2,21,22)(H,23,25). The molecule has 0 radical (unpaired) electrons. The van der Waals surface area contributed by atoms with Gasteiger partial charge in [0.1, 0.15) is 5.82 Å². The van der Waals surface area contributed by atoms with Crippen molar-refractivity contribution in [1.29, 1.82) is 0 Å². The van der Waals surface area contributed by atoms with Crippen molar-refractivity contribution < 1.29 is 18.0 Å². The van der Waals surface area contributed by atoms with Gasteiger partial charge >= 0.3 is 12.2 Å². The van der Waals surface area contributed by atoms with Crippen LogP contribution < -0.4 is 11.1 Å². The number of carbonyl (C=O) groups excluding carboxylic acids is 1. The van der Waals surface area contributed by atoms with Crippen LogP contribution >= 0.6 is 11.6 Å². The molecule has 0 saturated heterocycles. The summed E-state index contributed by atoms with van der Waals surface area (Å²) in [6.45, 7) is 0.819. The summed E-state index contributed by atoms with van der Waals surface area (Å²) in [4.78, 5) is 17.9. The Morgan fingerprint density at radius 2 is 2.04 bits per heavy atom. The molecule has 25 heavy (non-hydrogen) atoms.